The lowest BCUT2D eigenvalue weighted by molar-refractivity contribution is -0.275. The van der Waals surface area contributed by atoms with E-state index in [0.29, 0.717) is 0 Å². The zero-order chi connectivity index (χ0) is 17.8. The third-order valence-electron chi connectivity index (χ3n) is 5.50. The summed E-state index contributed by atoms with van der Waals surface area (Å²) in [6, 6.07) is 3.32. The van der Waals surface area contributed by atoms with Crippen LogP contribution in [0.15, 0.2) is 24.3 Å². The molecule has 1 aromatic rings. The minimum Gasteiger partial charge on any atom is -0.486 e. The number of aliphatic hydroxyl groups is 1. The maximum Gasteiger partial charge on any atom is 0.573 e. The standard InChI is InChI=1S/C18H20F3NO3/c1-22-7-6-13-12-4-3-11(23)9-24-17-15(25-18(19,20)21)5-2-10(16(13)17)8-14(12)22/h2-5,11-14,23H,6-9H2,1H3. The van der Waals surface area contributed by atoms with Gasteiger partial charge < -0.3 is 19.5 Å². The molecule has 25 heavy (non-hydrogen) atoms. The first-order chi connectivity index (χ1) is 11.8. The summed E-state index contributed by atoms with van der Waals surface area (Å²) in [6.45, 7) is 0.784. The Morgan fingerprint density at radius 3 is 2.84 bits per heavy atom. The molecule has 0 aromatic heterocycles. The highest BCUT2D eigenvalue weighted by atomic mass is 19.4. The van der Waals surface area contributed by atoms with Crippen molar-refractivity contribution < 1.29 is 27.8 Å². The van der Waals surface area contributed by atoms with Crippen molar-refractivity contribution >= 4 is 0 Å². The minimum atomic E-state index is -4.78. The highest BCUT2D eigenvalue weighted by Crippen LogP contribution is 2.51. The number of hydrogen-bond donors (Lipinski definition) is 1. The number of nitrogens with zero attached hydrogens (tertiary/aromatic N) is 1. The lowest BCUT2D eigenvalue weighted by Crippen LogP contribution is -2.49. The second-order valence-corrected chi connectivity index (χ2v) is 7.00. The highest BCUT2D eigenvalue weighted by Gasteiger charge is 2.44. The van der Waals surface area contributed by atoms with Gasteiger partial charge in [0.2, 0.25) is 0 Å². The van der Waals surface area contributed by atoms with Crippen LogP contribution >= 0.6 is 0 Å². The van der Waals surface area contributed by atoms with Crippen molar-refractivity contribution in [1.82, 2.24) is 4.90 Å². The van der Waals surface area contributed by atoms with Crippen LogP contribution in [0.25, 0.3) is 0 Å². The third kappa shape index (κ3) is 3.00. The number of aliphatic hydroxyl groups excluding tert-OH is 1. The summed E-state index contributed by atoms with van der Waals surface area (Å²) < 4.78 is 48.2. The fourth-order valence-corrected chi connectivity index (χ4v) is 4.42. The predicted molar refractivity (Wildman–Crippen MR) is 84.7 cm³/mol. The summed E-state index contributed by atoms with van der Waals surface area (Å²) in [5.41, 5.74) is 1.82. The number of likely N-dealkylation sites (tertiary alicyclic amines) is 1. The molecule has 0 radical (unpaired) electrons. The van der Waals surface area contributed by atoms with Crippen molar-refractivity contribution in [1.29, 1.82) is 0 Å². The van der Waals surface area contributed by atoms with Gasteiger partial charge in [-0.1, -0.05) is 18.2 Å². The Bertz CT molecular complexity index is 704. The van der Waals surface area contributed by atoms with E-state index in [4.69, 9.17) is 4.74 Å². The van der Waals surface area contributed by atoms with Crippen LogP contribution in [-0.2, 0) is 6.42 Å². The summed E-state index contributed by atoms with van der Waals surface area (Å²) in [6.07, 6.45) is -0.362. The van der Waals surface area contributed by atoms with Crippen LogP contribution in [0, 0.1) is 5.92 Å². The minimum absolute atomic E-state index is 0.0679. The molecule has 1 fully saturated rings. The van der Waals surface area contributed by atoms with Gasteiger partial charge in [0.05, 0.1) is 0 Å². The van der Waals surface area contributed by atoms with Gasteiger partial charge in [-0.15, -0.1) is 13.2 Å². The van der Waals surface area contributed by atoms with Gasteiger partial charge >= 0.3 is 6.36 Å². The van der Waals surface area contributed by atoms with Gasteiger partial charge in [-0.05, 0) is 49.9 Å². The van der Waals surface area contributed by atoms with Crippen LogP contribution in [0.1, 0.15) is 23.5 Å². The van der Waals surface area contributed by atoms with E-state index in [0.717, 1.165) is 30.5 Å². The number of rotatable bonds is 1. The molecule has 7 heteroatoms. The van der Waals surface area contributed by atoms with E-state index in [1.807, 2.05) is 6.08 Å². The molecule has 4 atom stereocenters. The zero-order valence-electron chi connectivity index (χ0n) is 13.8. The third-order valence-corrected chi connectivity index (χ3v) is 5.50. The summed E-state index contributed by atoms with van der Waals surface area (Å²) in [7, 11) is 2.07. The lowest BCUT2D eigenvalue weighted by atomic mass is 9.67. The van der Waals surface area contributed by atoms with Gasteiger partial charge in [0.15, 0.2) is 11.5 Å². The van der Waals surface area contributed by atoms with Crippen molar-refractivity contribution in [2.75, 3.05) is 20.2 Å². The first kappa shape index (κ1) is 16.7. The van der Waals surface area contributed by atoms with Crippen molar-refractivity contribution in [3.63, 3.8) is 0 Å². The molecular weight excluding hydrogens is 335 g/mol. The lowest BCUT2D eigenvalue weighted by Gasteiger charge is -2.47. The molecule has 3 aliphatic rings. The largest absolute Gasteiger partial charge is 0.573 e. The van der Waals surface area contributed by atoms with Gasteiger partial charge in [0.1, 0.15) is 12.7 Å². The smallest absolute Gasteiger partial charge is 0.486 e. The Kier molecular flexibility index (Phi) is 3.96. The predicted octanol–water partition coefficient (Wildman–Crippen LogP) is 2.85. The topological polar surface area (TPSA) is 41.9 Å². The van der Waals surface area contributed by atoms with Crippen LogP contribution in [-0.4, -0.2) is 48.7 Å². The molecule has 2 heterocycles. The van der Waals surface area contributed by atoms with Crippen LogP contribution < -0.4 is 9.47 Å². The second kappa shape index (κ2) is 5.92. The molecule has 1 aromatic carbocycles. The molecule has 136 valence electrons. The van der Waals surface area contributed by atoms with Crippen molar-refractivity contribution in [3.05, 3.63) is 35.4 Å². The van der Waals surface area contributed by atoms with Crippen LogP contribution in [0.3, 0.4) is 0 Å². The fraction of sp³-hybridized carbons (Fsp3) is 0.556. The molecule has 4 bridgehead atoms. The van der Waals surface area contributed by atoms with Crippen molar-refractivity contribution in [2.24, 2.45) is 5.92 Å². The number of benzene rings is 1. The molecule has 4 unspecified atom stereocenters. The first-order valence-corrected chi connectivity index (χ1v) is 8.44. The average Bonchev–Trinajstić information content (AvgIpc) is 2.58. The molecule has 4 rings (SSSR count). The molecule has 4 nitrogen and oxygen atoms in total. The maximum absolute atomic E-state index is 12.8. The van der Waals surface area contributed by atoms with E-state index < -0.39 is 12.5 Å². The Balaban J connectivity index is 1.87. The molecular formula is C18H20F3NO3. The number of likely N-dealkylation sites (N-methyl/N-ethyl adjacent to an activating group) is 1. The number of alkyl halides is 3. The maximum atomic E-state index is 12.8. The summed E-state index contributed by atoms with van der Waals surface area (Å²) in [5.74, 6) is 0.0211. The van der Waals surface area contributed by atoms with Gasteiger partial charge in [0.25, 0.3) is 0 Å². The normalized spacial score (nSPS) is 31.6. The Hall–Kier alpha value is -1.73. The van der Waals surface area contributed by atoms with Crippen molar-refractivity contribution in [3.8, 4) is 11.5 Å². The van der Waals surface area contributed by atoms with Crippen LogP contribution in [0.2, 0.25) is 0 Å². The monoisotopic (exact) mass is 355 g/mol. The average molecular weight is 355 g/mol. The van der Waals surface area contributed by atoms with Crippen LogP contribution in [0.5, 0.6) is 11.5 Å². The van der Waals surface area contributed by atoms with E-state index in [1.165, 1.54) is 6.07 Å². The van der Waals surface area contributed by atoms with Gasteiger partial charge in [-0.2, -0.15) is 0 Å². The van der Waals surface area contributed by atoms with E-state index in [9.17, 15) is 18.3 Å². The SMILES string of the molecule is CN1CCC2c3c4ccc(OC(F)(F)F)c3OCC(O)C=CC2C1C4. The molecule has 0 saturated carbocycles. The van der Waals surface area contributed by atoms with E-state index in [2.05, 4.69) is 16.7 Å². The van der Waals surface area contributed by atoms with E-state index in [1.54, 1.807) is 12.1 Å². The summed E-state index contributed by atoms with van der Waals surface area (Å²) in [4.78, 5) is 2.29. The van der Waals surface area contributed by atoms with Gasteiger partial charge in [-0.3, -0.25) is 0 Å². The zero-order valence-corrected chi connectivity index (χ0v) is 13.8. The Morgan fingerprint density at radius 1 is 1.28 bits per heavy atom. The quantitative estimate of drug-likeness (QED) is 0.787. The number of piperidine rings is 1. The number of halogens is 3. The van der Waals surface area contributed by atoms with E-state index >= 15 is 0 Å². The molecule has 2 aliphatic heterocycles. The molecule has 1 N–H and O–H groups in total. The summed E-state index contributed by atoms with van der Waals surface area (Å²) in [5, 5.41) is 10.1. The number of ether oxygens (including phenoxy) is 2. The molecule has 1 saturated heterocycles. The van der Waals surface area contributed by atoms with Gasteiger partial charge in [0, 0.05) is 11.6 Å². The van der Waals surface area contributed by atoms with Gasteiger partial charge in [-0.25, -0.2) is 0 Å². The van der Waals surface area contributed by atoms with E-state index in [-0.39, 0.29) is 36.0 Å². The molecule has 1 aliphatic carbocycles. The summed E-state index contributed by atoms with van der Waals surface area (Å²) >= 11 is 0. The van der Waals surface area contributed by atoms with Crippen LogP contribution in [0.4, 0.5) is 13.2 Å². The molecule has 0 amide bonds. The highest BCUT2D eigenvalue weighted by molar-refractivity contribution is 5.55. The Labute approximate surface area is 143 Å². The second-order valence-electron chi connectivity index (χ2n) is 7.00. The number of hydrogen-bond acceptors (Lipinski definition) is 4. The first-order valence-electron chi connectivity index (χ1n) is 8.44. The fourth-order valence-electron chi connectivity index (χ4n) is 4.42. The Morgan fingerprint density at radius 2 is 2.08 bits per heavy atom. The van der Waals surface area contributed by atoms with Crippen molar-refractivity contribution in [2.45, 2.75) is 37.3 Å². The molecule has 0 spiro atoms.